The lowest BCUT2D eigenvalue weighted by Crippen LogP contribution is -2.62. The second kappa shape index (κ2) is 26.4. The van der Waals surface area contributed by atoms with Gasteiger partial charge in [-0.1, -0.05) is 105 Å². The highest BCUT2D eigenvalue weighted by atomic mass is 16.6. The molecule has 17 nitrogen and oxygen atoms in total. The molecular formula is C54H73N5O12. The Balaban J connectivity index is 1.64. The third kappa shape index (κ3) is 19.2. The van der Waals surface area contributed by atoms with E-state index < -0.39 is 88.3 Å². The van der Waals surface area contributed by atoms with Crippen LogP contribution in [-0.4, -0.2) is 106 Å². The monoisotopic (exact) mass is 984 g/mol. The van der Waals surface area contributed by atoms with E-state index in [1.165, 1.54) is 4.90 Å². The van der Waals surface area contributed by atoms with Crippen molar-refractivity contribution in [3.05, 3.63) is 108 Å². The summed E-state index contributed by atoms with van der Waals surface area (Å²) in [4.78, 5) is 112. The van der Waals surface area contributed by atoms with Gasteiger partial charge in [-0.05, 0) is 116 Å². The van der Waals surface area contributed by atoms with Crippen LogP contribution >= 0.6 is 0 Å². The van der Waals surface area contributed by atoms with Gasteiger partial charge in [0.15, 0.2) is 11.6 Å². The smallest absolute Gasteiger partial charge is 0.408 e. The summed E-state index contributed by atoms with van der Waals surface area (Å²) < 4.78 is 16.2. The minimum absolute atomic E-state index is 0.0149. The molecule has 0 bridgehead atoms. The summed E-state index contributed by atoms with van der Waals surface area (Å²) in [6.45, 7) is 13.8. The van der Waals surface area contributed by atoms with Crippen LogP contribution in [0.1, 0.15) is 111 Å². The van der Waals surface area contributed by atoms with Crippen LogP contribution in [0.2, 0.25) is 0 Å². The zero-order valence-corrected chi connectivity index (χ0v) is 42.4. The molecule has 17 heteroatoms. The highest BCUT2D eigenvalue weighted by Gasteiger charge is 2.46. The van der Waals surface area contributed by atoms with Crippen LogP contribution in [-0.2, 0) is 57.6 Å². The number of carbonyl (C=O) groups excluding carboxylic acids is 7. The average molecular weight is 984 g/mol. The van der Waals surface area contributed by atoms with Gasteiger partial charge < -0.3 is 45.5 Å². The molecule has 71 heavy (non-hydrogen) atoms. The van der Waals surface area contributed by atoms with Crippen LogP contribution in [0, 0.1) is 17.8 Å². The van der Waals surface area contributed by atoms with Crippen molar-refractivity contribution < 1.29 is 57.7 Å². The summed E-state index contributed by atoms with van der Waals surface area (Å²) in [6.07, 6.45) is -2.01. The number of hydrogen-bond acceptors (Lipinski definition) is 11. The number of amides is 5. The number of alkyl carbamates (subject to hydrolysis) is 3. The standard InChI is InChI=1S/C54H73N5O12/c1-36(2)32-41(44(60)40(33-37-20-12-9-13-21-37)45(61)43(34-38-22-14-10-15-23-38)57-50(67)69-35-39-24-16-11-17-25-39)46(62)56-42(26-18-19-29-55-49(66)70-52(3,4)5)47(63)59-30-27-54(28-31-59,48(64)65)58-51(68)71-53(6,7)8/h9-17,20-25,36,40-43H,18-19,26-35H2,1-8H3,(H,55,66)(H,56,62)(H,57,67)(H,58,68)(H,64,65). The molecule has 3 aromatic carbocycles. The summed E-state index contributed by atoms with van der Waals surface area (Å²) in [5.41, 5.74) is -1.26. The SMILES string of the molecule is CC(C)CC(C(=O)NC(CCCCNC(=O)OC(C)(C)C)C(=O)N1CCC(NC(=O)OC(C)(C)C)(C(=O)O)CC1)C(=O)C(Cc1ccccc1)C(=O)C(Cc1ccccc1)NC(=O)OCc1ccccc1. The number of unbranched alkanes of at least 4 members (excludes halogenated alkanes) is 1. The summed E-state index contributed by atoms with van der Waals surface area (Å²) in [6, 6.07) is 24.5. The number of ether oxygens (including phenoxy) is 3. The number of nitrogens with zero attached hydrogens (tertiary/aromatic N) is 1. The number of carboxylic acids is 1. The average Bonchev–Trinajstić information content (AvgIpc) is 3.30. The molecule has 3 aromatic rings. The number of Topliss-reactive ketones (excluding diaryl/α,β-unsaturated/α-hetero) is 2. The Morgan fingerprint density at radius 2 is 1.15 bits per heavy atom. The van der Waals surface area contributed by atoms with Crippen molar-refractivity contribution in [1.82, 2.24) is 26.2 Å². The number of benzene rings is 3. The molecule has 386 valence electrons. The molecule has 4 unspecified atom stereocenters. The maximum atomic E-state index is 15.2. The summed E-state index contributed by atoms with van der Waals surface area (Å²) in [5.74, 6) is -7.00. The van der Waals surface area contributed by atoms with Crippen LogP contribution in [0.4, 0.5) is 14.4 Å². The fraction of sp³-hybridized carbons (Fsp3) is 0.519. The largest absolute Gasteiger partial charge is 0.480 e. The Bertz CT molecular complexity index is 2250. The molecular weight excluding hydrogens is 911 g/mol. The van der Waals surface area contributed by atoms with Crippen LogP contribution in [0.3, 0.4) is 0 Å². The van der Waals surface area contributed by atoms with E-state index in [1.807, 2.05) is 26.0 Å². The van der Waals surface area contributed by atoms with Gasteiger partial charge in [-0.25, -0.2) is 19.2 Å². The molecule has 1 aliphatic rings. The Morgan fingerprint density at radius 1 is 0.634 bits per heavy atom. The molecule has 4 atom stereocenters. The van der Waals surface area contributed by atoms with Crippen molar-refractivity contribution in [2.75, 3.05) is 19.6 Å². The van der Waals surface area contributed by atoms with Gasteiger partial charge in [-0.2, -0.15) is 0 Å². The number of carboxylic acid groups (broad SMARTS) is 1. The summed E-state index contributed by atoms with van der Waals surface area (Å²) >= 11 is 0. The minimum Gasteiger partial charge on any atom is -0.480 e. The van der Waals surface area contributed by atoms with Gasteiger partial charge in [0, 0.05) is 19.6 Å². The van der Waals surface area contributed by atoms with Crippen LogP contribution in [0.15, 0.2) is 91.0 Å². The lowest BCUT2D eigenvalue weighted by molar-refractivity contribution is -0.150. The fourth-order valence-corrected chi connectivity index (χ4v) is 8.21. The molecule has 0 aliphatic carbocycles. The van der Waals surface area contributed by atoms with Gasteiger partial charge in [0.2, 0.25) is 11.8 Å². The Morgan fingerprint density at radius 3 is 1.68 bits per heavy atom. The zero-order chi connectivity index (χ0) is 52.4. The molecule has 0 aromatic heterocycles. The first-order valence-electron chi connectivity index (χ1n) is 24.4. The molecule has 1 fully saturated rings. The fourth-order valence-electron chi connectivity index (χ4n) is 8.21. The minimum atomic E-state index is -1.73. The van der Waals surface area contributed by atoms with Crippen LogP contribution in [0.25, 0.3) is 0 Å². The molecule has 4 rings (SSSR count). The number of likely N-dealkylation sites (tertiary alicyclic amines) is 1. The molecule has 0 saturated carbocycles. The third-order valence-electron chi connectivity index (χ3n) is 11.7. The van der Waals surface area contributed by atoms with Crippen molar-refractivity contribution >= 4 is 47.6 Å². The van der Waals surface area contributed by atoms with Crippen LogP contribution < -0.4 is 21.3 Å². The number of piperidine rings is 1. The van der Waals surface area contributed by atoms with E-state index >= 15 is 9.59 Å². The maximum Gasteiger partial charge on any atom is 0.408 e. The highest BCUT2D eigenvalue weighted by Crippen LogP contribution is 2.27. The maximum absolute atomic E-state index is 15.2. The first-order valence-corrected chi connectivity index (χ1v) is 24.4. The van der Waals surface area contributed by atoms with Gasteiger partial charge in [0.05, 0.1) is 17.9 Å². The van der Waals surface area contributed by atoms with Crippen molar-refractivity contribution in [3.8, 4) is 0 Å². The third-order valence-corrected chi connectivity index (χ3v) is 11.7. The lowest BCUT2D eigenvalue weighted by atomic mass is 9.78. The van der Waals surface area contributed by atoms with Crippen molar-refractivity contribution in [3.63, 3.8) is 0 Å². The van der Waals surface area contributed by atoms with Crippen molar-refractivity contribution in [2.45, 2.75) is 142 Å². The van der Waals surface area contributed by atoms with Gasteiger partial charge >= 0.3 is 24.2 Å². The van der Waals surface area contributed by atoms with E-state index in [0.29, 0.717) is 24.0 Å². The number of aliphatic carboxylic acids is 1. The molecule has 5 amide bonds. The van der Waals surface area contributed by atoms with Gasteiger partial charge in [-0.15, -0.1) is 0 Å². The van der Waals surface area contributed by atoms with Gasteiger partial charge in [0.25, 0.3) is 0 Å². The predicted molar refractivity (Wildman–Crippen MR) is 266 cm³/mol. The number of hydrogen-bond donors (Lipinski definition) is 5. The van der Waals surface area contributed by atoms with E-state index in [4.69, 9.17) is 14.2 Å². The summed E-state index contributed by atoms with van der Waals surface area (Å²) in [5, 5.41) is 21.0. The molecule has 1 saturated heterocycles. The predicted octanol–water partition coefficient (Wildman–Crippen LogP) is 7.33. The molecule has 0 spiro atoms. The second-order valence-corrected chi connectivity index (χ2v) is 20.5. The first kappa shape index (κ1) is 56.8. The van der Waals surface area contributed by atoms with Crippen LogP contribution in [0.5, 0.6) is 0 Å². The van der Waals surface area contributed by atoms with E-state index in [2.05, 4.69) is 21.3 Å². The topological polar surface area (TPSA) is 236 Å². The van der Waals surface area contributed by atoms with E-state index in [9.17, 15) is 33.9 Å². The molecule has 1 aliphatic heterocycles. The highest BCUT2D eigenvalue weighted by molar-refractivity contribution is 6.13. The van der Waals surface area contributed by atoms with Gasteiger partial charge in [-0.3, -0.25) is 19.2 Å². The number of nitrogens with one attached hydrogen (secondary N) is 4. The van der Waals surface area contributed by atoms with Crippen molar-refractivity contribution in [2.24, 2.45) is 17.8 Å². The van der Waals surface area contributed by atoms with Gasteiger partial charge in [0.1, 0.15) is 29.4 Å². The van der Waals surface area contributed by atoms with E-state index in [0.717, 1.165) is 5.56 Å². The lowest BCUT2D eigenvalue weighted by Gasteiger charge is -2.40. The molecule has 5 N–H and O–H groups in total. The zero-order valence-electron chi connectivity index (χ0n) is 42.4. The number of carbonyl (C=O) groups is 8. The van der Waals surface area contributed by atoms with E-state index in [-0.39, 0.29) is 70.7 Å². The molecule has 0 radical (unpaired) electrons. The molecule has 1 heterocycles. The Hall–Kier alpha value is -6.78. The number of ketones is 2. The summed E-state index contributed by atoms with van der Waals surface area (Å²) in [7, 11) is 0. The Labute approximate surface area is 417 Å². The van der Waals surface area contributed by atoms with Crippen molar-refractivity contribution in [1.29, 1.82) is 0 Å². The quantitative estimate of drug-likeness (QED) is 0.0357. The van der Waals surface area contributed by atoms with E-state index in [1.54, 1.807) is 120 Å². The normalized spacial score (nSPS) is 15.2. The Kier molecular flexibility index (Phi) is 21.1. The number of rotatable bonds is 23. The second-order valence-electron chi connectivity index (χ2n) is 20.5. The first-order chi connectivity index (χ1) is 33.4.